The molecule has 4 aromatic rings. The van der Waals surface area contributed by atoms with Gasteiger partial charge in [-0.1, -0.05) is 24.3 Å². The number of H-pyrrole nitrogens is 1. The molecule has 4 heteroatoms. The van der Waals surface area contributed by atoms with E-state index in [9.17, 15) is 0 Å². The van der Waals surface area contributed by atoms with Gasteiger partial charge in [-0.2, -0.15) is 0 Å². The average Bonchev–Trinajstić information content (AvgIpc) is 3.05. The topological polar surface area (TPSA) is 49.9 Å². The van der Waals surface area contributed by atoms with E-state index in [2.05, 4.69) is 57.9 Å². The fraction of sp³-hybridized carbons (Fsp3) is 0.136. The Morgan fingerprint density at radius 3 is 2.77 bits per heavy atom. The average molecular weight is 341 g/mol. The maximum Gasteiger partial charge on any atom is 0.119 e. The lowest BCUT2D eigenvalue weighted by atomic mass is 9.96. The molecule has 1 atom stereocenters. The highest BCUT2D eigenvalue weighted by atomic mass is 16.5. The lowest BCUT2D eigenvalue weighted by Gasteiger charge is -2.19. The molecule has 2 aromatic heterocycles. The number of rotatable bonds is 3. The Morgan fingerprint density at radius 2 is 1.92 bits per heavy atom. The molecule has 0 radical (unpaired) electrons. The third kappa shape index (κ3) is 2.26. The summed E-state index contributed by atoms with van der Waals surface area (Å²) in [7, 11) is 0. The minimum Gasteiger partial charge on any atom is -0.494 e. The Labute approximate surface area is 151 Å². The molecule has 0 saturated heterocycles. The van der Waals surface area contributed by atoms with Crippen LogP contribution in [-0.2, 0) is 0 Å². The van der Waals surface area contributed by atoms with Gasteiger partial charge in [0.25, 0.3) is 0 Å². The first-order valence-corrected chi connectivity index (χ1v) is 8.90. The van der Waals surface area contributed by atoms with Gasteiger partial charge in [-0.15, -0.1) is 0 Å². The van der Waals surface area contributed by atoms with Gasteiger partial charge in [-0.3, -0.25) is 4.98 Å². The minimum atomic E-state index is 0.0472. The van der Waals surface area contributed by atoms with Crippen molar-refractivity contribution in [2.24, 2.45) is 0 Å². The molecule has 26 heavy (non-hydrogen) atoms. The number of pyridine rings is 1. The van der Waals surface area contributed by atoms with Crippen molar-refractivity contribution in [2.45, 2.75) is 13.0 Å². The minimum absolute atomic E-state index is 0.0472. The van der Waals surface area contributed by atoms with Gasteiger partial charge in [0.05, 0.1) is 24.0 Å². The van der Waals surface area contributed by atoms with E-state index < -0.39 is 0 Å². The number of anilines is 1. The normalized spacial score (nSPS) is 15.2. The van der Waals surface area contributed by atoms with Crippen molar-refractivity contribution in [1.82, 2.24) is 9.97 Å². The molecule has 3 heterocycles. The molecule has 1 unspecified atom stereocenters. The zero-order chi connectivity index (χ0) is 17.5. The molecule has 5 rings (SSSR count). The van der Waals surface area contributed by atoms with E-state index in [-0.39, 0.29) is 6.04 Å². The van der Waals surface area contributed by atoms with Gasteiger partial charge in [-0.05, 0) is 42.8 Å². The highest BCUT2D eigenvalue weighted by Crippen LogP contribution is 2.43. The predicted molar refractivity (Wildman–Crippen MR) is 105 cm³/mol. The zero-order valence-electron chi connectivity index (χ0n) is 14.5. The van der Waals surface area contributed by atoms with Crippen LogP contribution in [0.25, 0.3) is 22.2 Å². The second-order valence-corrected chi connectivity index (χ2v) is 6.45. The quantitative estimate of drug-likeness (QED) is 0.542. The summed E-state index contributed by atoms with van der Waals surface area (Å²) in [6.07, 6.45) is 3.96. The molecule has 2 N–H and O–H groups in total. The molecule has 2 aromatic carbocycles. The highest BCUT2D eigenvalue weighted by Gasteiger charge is 2.25. The summed E-state index contributed by atoms with van der Waals surface area (Å²) in [5.74, 6) is 0.895. The van der Waals surface area contributed by atoms with Crippen LogP contribution in [0.4, 0.5) is 5.69 Å². The third-order valence-electron chi connectivity index (χ3n) is 4.93. The first-order chi connectivity index (χ1) is 12.8. The monoisotopic (exact) mass is 341 g/mol. The number of aromatic nitrogens is 2. The lowest BCUT2D eigenvalue weighted by molar-refractivity contribution is 0.340. The fourth-order valence-electron chi connectivity index (χ4n) is 3.79. The molecular formula is C22H19N3O. The van der Waals surface area contributed by atoms with Gasteiger partial charge in [-0.25, -0.2) is 0 Å². The number of hydrogen-bond acceptors (Lipinski definition) is 3. The summed E-state index contributed by atoms with van der Waals surface area (Å²) in [6.45, 7) is 2.67. The number of ether oxygens (including phenoxy) is 1. The van der Waals surface area contributed by atoms with Crippen LogP contribution in [-0.4, -0.2) is 16.6 Å². The molecule has 0 bridgehead atoms. The first kappa shape index (κ1) is 15.0. The molecule has 1 aliphatic rings. The van der Waals surface area contributed by atoms with Crippen LogP contribution >= 0.6 is 0 Å². The van der Waals surface area contributed by atoms with Crippen molar-refractivity contribution < 1.29 is 4.74 Å². The summed E-state index contributed by atoms with van der Waals surface area (Å²) in [5.41, 5.74) is 6.77. The zero-order valence-corrected chi connectivity index (χ0v) is 14.5. The van der Waals surface area contributed by atoms with E-state index >= 15 is 0 Å². The Morgan fingerprint density at radius 1 is 1.04 bits per heavy atom. The molecule has 128 valence electrons. The summed E-state index contributed by atoms with van der Waals surface area (Å²) in [5, 5.41) is 4.93. The van der Waals surface area contributed by atoms with Crippen molar-refractivity contribution in [3.8, 4) is 17.0 Å². The van der Waals surface area contributed by atoms with Crippen LogP contribution in [0.15, 0.2) is 67.0 Å². The van der Waals surface area contributed by atoms with Crippen LogP contribution in [0.1, 0.15) is 24.1 Å². The van der Waals surface area contributed by atoms with E-state index in [0.717, 1.165) is 28.2 Å². The highest BCUT2D eigenvalue weighted by molar-refractivity contribution is 6.01. The third-order valence-corrected chi connectivity index (χ3v) is 4.93. The van der Waals surface area contributed by atoms with E-state index in [1.54, 1.807) is 0 Å². The standard InChI is InChI=1S/C22H19N3O/c1-2-26-15-10-8-14(9-11-15)21-17-13-24-18-6-3-5-16(20(17)18)22-19(25-21)7-4-12-23-22/h3-13,21,24-25H,2H2,1H3. The van der Waals surface area contributed by atoms with E-state index in [0.29, 0.717) is 6.61 Å². The molecule has 0 aliphatic carbocycles. The number of nitrogens with one attached hydrogen (secondary N) is 2. The Bertz CT molecular complexity index is 1080. The maximum atomic E-state index is 5.59. The number of benzene rings is 2. The molecule has 1 aliphatic heterocycles. The van der Waals surface area contributed by atoms with Gasteiger partial charge >= 0.3 is 0 Å². The second-order valence-electron chi connectivity index (χ2n) is 6.45. The number of fused-ring (bicyclic) bond motifs is 2. The molecule has 4 nitrogen and oxygen atoms in total. The van der Waals surface area contributed by atoms with Crippen molar-refractivity contribution >= 4 is 16.6 Å². The number of nitrogens with zero attached hydrogens (tertiary/aromatic N) is 1. The summed E-state index contributed by atoms with van der Waals surface area (Å²) >= 11 is 0. The Hall–Kier alpha value is -3.27. The summed E-state index contributed by atoms with van der Waals surface area (Å²) in [6, 6.07) is 18.8. The van der Waals surface area contributed by atoms with Crippen LogP contribution in [0, 0.1) is 0 Å². The molecule has 0 fully saturated rings. The van der Waals surface area contributed by atoms with Crippen LogP contribution in [0.3, 0.4) is 0 Å². The van der Waals surface area contributed by atoms with E-state index in [1.165, 1.54) is 16.5 Å². The smallest absolute Gasteiger partial charge is 0.119 e. The van der Waals surface area contributed by atoms with E-state index in [4.69, 9.17) is 4.74 Å². The SMILES string of the molecule is CCOc1ccc(C2Nc3cccnc3-c3cccc4[nH]cc2c34)cc1. The van der Waals surface area contributed by atoms with Crippen molar-refractivity contribution in [1.29, 1.82) is 0 Å². The number of hydrogen-bond donors (Lipinski definition) is 2. The van der Waals surface area contributed by atoms with Crippen LogP contribution in [0.5, 0.6) is 5.75 Å². The molecule has 0 saturated carbocycles. The lowest BCUT2D eigenvalue weighted by Crippen LogP contribution is -2.11. The van der Waals surface area contributed by atoms with Crippen LogP contribution in [0.2, 0.25) is 0 Å². The molecule has 0 amide bonds. The maximum absolute atomic E-state index is 5.59. The van der Waals surface area contributed by atoms with Crippen molar-refractivity contribution in [3.63, 3.8) is 0 Å². The fourth-order valence-corrected chi connectivity index (χ4v) is 3.79. The molecular weight excluding hydrogens is 322 g/mol. The van der Waals surface area contributed by atoms with Crippen LogP contribution < -0.4 is 10.1 Å². The van der Waals surface area contributed by atoms with Crippen molar-refractivity contribution in [2.75, 3.05) is 11.9 Å². The predicted octanol–water partition coefficient (Wildman–Crippen LogP) is 5.14. The summed E-state index contributed by atoms with van der Waals surface area (Å²) < 4.78 is 5.59. The Balaban J connectivity index is 1.72. The Kier molecular flexibility index (Phi) is 3.42. The van der Waals surface area contributed by atoms with Gasteiger partial charge in [0.2, 0.25) is 0 Å². The molecule has 0 spiro atoms. The second kappa shape index (κ2) is 5.92. The van der Waals surface area contributed by atoms with Gasteiger partial charge in [0.1, 0.15) is 5.75 Å². The van der Waals surface area contributed by atoms with Gasteiger partial charge in [0.15, 0.2) is 0 Å². The van der Waals surface area contributed by atoms with Gasteiger partial charge in [0, 0.05) is 34.4 Å². The van der Waals surface area contributed by atoms with E-state index in [1.807, 2.05) is 31.3 Å². The van der Waals surface area contributed by atoms with Gasteiger partial charge < -0.3 is 15.0 Å². The first-order valence-electron chi connectivity index (χ1n) is 8.90. The summed E-state index contributed by atoms with van der Waals surface area (Å²) in [4.78, 5) is 8.07. The number of aromatic amines is 1. The van der Waals surface area contributed by atoms with Crippen molar-refractivity contribution in [3.05, 3.63) is 78.1 Å². The largest absolute Gasteiger partial charge is 0.494 e.